The van der Waals surface area contributed by atoms with Gasteiger partial charge in [0.1, 0.15) is 17.2 Å². The van der Waals surface area contributed by atoms with Crippen LogP contribution in [0.4, 0.5) is 19.4 Å². The zero-order valence-corrected chi connectivity index (χ0v) is 25.7. The van der Waals surface area contributed by atoms with Crippen molar-refractivity contribution in [2.45, 2.75) is 77.7 Å². The Labute approximate surface area is 247 Å². The lowest BCUT2D eigenvalue weighted by Crippen LogP contribution is -2.58. The second-order valence-corrected chi connectivity index (χ2v) is 12.8. The standard InChI is InChI=1S/C29H46F2N6O5/c1-19(2)16-37(25(39)22-15-33-26(28(3,4)5)34-23(22)32-10-7-13-42-6)21-14-20(17-36(18-21)27(40)41)24(38)35-11-8-29(30,31)9-12-35/h15,19-21H,7-14,16-18H2,1-6H3,(H,40,41)(H,32,33,34)/t20-,21+/m1/s1. The highest BCUT2D eigenvalue weighted by Crippen LogP contribution is 2.31. The number of piperidine rings is 2. The van der Waals surface area contributed by atoms with Crippen LogP contribution in [0.15, 0.2) is 6.20 Å². The summed E-state index contributed by atoms with van der Waals surface area (Å²) in [5.41, 5.74) is -0.103. The summed E-state index contributed by atoms with van der Waals surface area (Å²) in [6.07, 6.45) is 0.400. The Hall–Kier alpha value is -3.09. The van der Waals surface area contributed by atoms with E-state index in [9.17, 15) is 28.3 Å². The number of halogens is 2. The van der Waals surface area contributed by atoms with Gasteiger partial charge < -0.3 is 29.9 Å². The molecule has 2 N–H and O–H groups in total. The fourth-order valence-corrected chi connectivity index (χ4v) is 5.35. The fraction of sp³-hybridized carbons (Fsp3) is 0.759. The van der Waals surface area contributed by atoms with Crippen molar-refractivity contribution in [3.8, 4) is 0 Å². The van der Waals surface area contributed by atoms with Crippen LogP contribution in [0, 0.1) is 11.8 Å². The van der Waals surface area contributed by atoms with Gasteiger partial charge in [-0.1, -0.05) is 34.6 Å². The number of ether oxygens (including phenoxy) is 1. The van der Waals surface area contributed by atoms with Crippen LogP contribution in [-0.2, 0) is 14.9 Å². The van der Waals surface area contributed by atoms with E-state index < -0.39 is 36.8 Å². The van der Waals surface area contributed by atoms with Crippen LogP contribution in [0.25, 0.3) is 0 Å². The first kappa shape index (κ1) is 33.4. The number of hydrogen-bond acceptors (Lipinski definition) is 7. The Bertz CT molecular complexity index is 1100. The Kier molecular flexibility index (Phi) is 11.1. The van der Waals surface area contributed by atoms with E-state index in [1.54, 1.807) is 12.0 Å². The average molecular weight is 597 g/mol. The lowest BCUT2D eigenvalue weighted by atomic mass is 9.90. The minimum absolute atomic E-state index is 0.0349. The van der Waals surface area contributed by atoms with Crippen LogP contribution in [0.1, 0.15) is 76.5 Å². The minimum Gasteiger partial charge on any atom is -0.465 e. The van der Waals surface area contributed by atoms with Crippen molar-refractivity contribution < 1.29 is 33.0 Å². The molecule has 3 heterocycles. The van der Waals surface area contributed by atoms with Gasteiger partial charge in [-0.25, -0.2) is 23.5 Å². The van der Waals surface area contributed by atoms with Crippen molar-refractivity contribution >= 4 is 23.7 Å². The largest absolute Gasteiger partial charge is 0.465 e. The SMILES string of the molecule is COCCCNc1nc(C(C)(C)C)ncc1C(=O)N(CC(C)C)[C@H]1C[C@@H](C(=O)N2CCC(F)(F)CC2)CN(C(=O)O)C1. The van der Waals surface area contributed by atoms with E-state index in [1.165, 1.54) is 11.1 Å². The molecule has 0 unspecified atom stereocenters. The van der Waals surface area contributed by atoms with Gasteiger partial charge >= 0.3 is 6.09 Å². The van der Waals surface area contributed by atoms with Crippen LogP contribution in [0.5, 0.6) is 0 Å². The van der Waals surface area contributed by atoms with Crippen LogP contribution in [-0.4, -0.2) is 113 Å². The zero-order chi connectivity index (χ0) is 31.2. The van der Waals surface area contributed by atoms with Gasteiger partial charge in [-0.15, -0.1) is 0 Å². The predicted octanol–water partition coefficient (Wildman–Crippen LogP) is 3.95. The summed E-state index contributed by atoms with van der Waals surface area (Å²) in [5, 5.41) is 13.2. The zero-order valence-electron chi connectivity index (χ0n) is 25.7. The van der Waals surface area contributed by atoms with E-state index in [0.717, 1.165) is 4.90 Å². The van der Waals surface area contributed by atoms with E-state index in [4.69, 9.17) is 9.72 Å². The van der Waals surface area contributed by atoms with Crippen molar-refractivity contribution in [3.05, 3.63) is 17.6 Å². The summed E-state index contributed by atoms with van der Waals surface area (Å²) >= 11 is 0. The first-order valence-corrected chi connectivity index (χ1v) is 14.7. The smallest absolute Gasteiger partial charge is 0.407 e. The monoisotopic (exact) mass is 596 g/mol. The Morgan fingerprint density at radius 2 is 1.86 bits per heavy atom. The number of nitrogens with one attached hydrogen (secondary N) is 1. The van der Waals surface area contributed by atoms with Crippen molar-refractivity contribution in [3.63, 3.8) is 0 Å². The summed E-state index contributed by atoms with van der Waals surface area (Å²) in [6, 6.07) is -0.603. The molecular formula is C29H46F2N6O5. The maximum absolute atomic E-state index is 14.2. The number of carbonyl (C=O) groups is 3. The third kappa shape index (κ3) is 8.71. The summed E-state index contributed by atoms with van der Waals surface area (Å²) in [6.45, 7) is 11.0. The molecule has 0 saturated carbocycles. The number of methoxy groups -OCH3 is 1. The molecule has 42 heavy (non-hydrogen) atoms. The molecular weight excluding hydrogens is 550 g/mol. The number of rotatable bonds is 10. The summed E-state index contributed by atoms with van der Waals surface area (Å²) in [7, 11) is 1.62. The van der Waals surface area contributed by atoms with Crippen LogP contribution >= 0.6 is 0 Å². The van der Waals surface area contributed by atoms with Crippen LogP contribution in [0.2, 0.25) is 0 Å². The molecule has 236 valence electrons. The van der Waals surface area contributed by atoms with E-state index in [0.29, 0.717) is 37.8 Å². The fourth-order valence-electron chi connectivity index (χ4n) is 5.35. The van der Waals surface area contributed by atoms with Gasteiger partial charge in [-0.2, -0.15) is 0 Å². The summed E-state index contributed by atoms with van der Waals surface area (Å²) in [4.78, 5) is 53.1. The number of aromatic nitrogens is 2. The number of nitrogens with zero attached hydrogens (tertiary/aromatic N) is 5. The lowest BCUT2D eigenvalue weighted by molar-refractivity contribution is -0.143. The molecule has 1 aromatic rings. The normalized spacial score (nSPS) is 20.9. The van der Waals surface area contributed by atoms with E-state index in [-0.39, 0.29) is 61.3 Å². The van der Waals surface area contributed by atoms with E-state index >= 15 is 0 Å². The van der Waals surface area contributed by atoms with Crippen molar-refractivity contribution in [2.75, 3.05) is 58.3 Å². The van der Waals surface area contributed by atoms with Crippen LogP contribution in [0.3, 0.4) is 0 Å². The maximum atomic E-state index is 14.2. The van der Waals surface area contributed by atoms with Gasteiger partial charge in [0.25, 0.3) is 11.8 Å². The highest BCUT2D eigenvalue weighted by Gasteiger charge is 2.42. The highest BCUT2D eigenvalue weighted by molar-refractivity contribution is 5.98. The van der Waals surface area contributed by atoms with Gasteiger partial charge in [0.15, 0.2) is 0 Å². The van der Waals surface area contributed by atoms with Gasteiger partial charge in [0.2, 0.25) is 5.91 Å². The molecule has 11 nitrogen and oxygen atoms in total. The third-order valence-electron chi connectivity index (χ3n) is 7.63. The van der Waals surface area contributed by atoms with Gasteiger partial charge in [0.05, 0.1) is 12.0 Å². The molecule has 2 aliphatic rings. The summed E-state index contributed by atoms with van der Waals surface area (Å²) < 4.78 is 32.6. The molecule has 2 fully saturated rings. The predicted molar refractivity (Wildman–Crippen MR) is 154 cm³/mol. The first-order chi connectivity index (χ1) is 19.6. The molecule has 3 amide bonds. The van der Waals surface area contributed by atoms with Gasteiger partial charge in [-0.3, -0.25) is 9.59 Å². The first-order valence-electron chi connectivity index (χ1n) is 14.7. The molecule has 2 atom stereocenters. The number of anilines is 1. The number of carboxylic acid groups (broad SMARTS) is 1. The molecule has 1 aromatic heterocycles. The van der Waals surface area contributed by atoms with Crippen molar-refractivity contribution in [2.24, 2.45) is 11.8 Å². The molecule has 3 rings (SSSR count). The molecule has 13 heteroatoms. The average Bonchev–Trinajstić information content (AvgIpc) is 2.92. The quantitative estimate of drug-likeness (QED) is 0.389. The lowest BCUT2D eigenvalue weighted by Gasteiger charge is -2.43. The maximum Gasteiger partial charge on any atom is 0.407 e. The van der Waals surface area contributed by atoms with Gasteiger partial charge in [-0.05, 0) is 18.8 Å². The Morgan fingerprint density at radius 1 is 1.19 bits per heavy atom. The van der Waals surface area contributed by atoms with Crippen molar-refractivity contribution in [1.29, 1.82) is 0 Å². The minimum atomic E-state index is -2.81. The molecule has 0 bridgehead atoms. The second kappa shape index (κ2) is 13.9. The second-order valence-electron chi connectivity index (χ2n) is 12.8. The number of carbonyl (C=O) groups excluding carboxylic acids is 2. The number of likely N-dealkylation sites (tertiary alicyclic amines) is 2. The molecule has 0 aliphatic carbocycles. The van der Waals surface area contributed by atoms with Crippen molar-refractivity contribution in [1.82, 2.24) is 24.7 Å². The highest BCUT2D eigenvalue weighted by atomic mass is 19.3. The summed E-state index contributed by atoms with van der Waals surface area (Å²) in [5.74, 6) is -3.27. The molecule has 2 saturated heterocycles. The third-order valence-corrected chi connectivity index (χ3v) is 7.63. The number of hydrogen-bond donors (Lipinski definition) is 2. The molecule has 0 aromatic carbocycles. The van der Waals surface area contributed by atoms with Crippen LogP contribution < -0.4 is 5.32 Å². The molecule has 2 aliphatic heterocycles. The molecule has 0 spiro atoms. The van der Waals surface area contributed by atoms with E-state index in [1.807, 2.05) is 34.6 Å². The van der Waals surface area contributed by atoms with Gasteiger partial charge in [0, 0.05) is 77.4 Å². The molecule has 0 radical (unpaired) electrons. The van der Waals surface area contributed by atoms with E-state index in [2.05, 4.69) is 10.3 Å². The Balaban J connectivity index is 1.93. The Morgan fingerprint density at radius 3 is 2.43 bits per heavy atom. The number of amides is 3. The number of alkyl halides is 2. The topological polar surface area (TPSA) is 128 Å².